The topological polar surface area (TPSA) is 20.2 Å². The van der Waals surface area contributed by atoms with Crippen molar-refractivity contribution < 1.29 is 18.3 Å². The van der Waals surface area contributed by atoms with Crippen LogP contribution >= 0.6 is 0 Å². The third-order valence-electron chi connectivity index (χ3n) is 2.91. The second-order valence-electron chi connectivity index (χ2n) is 4.75. The zero-order valence-electron chi connectivity index (χ0n) is 11.8. The molecule has 0 saturated carbocycles. The summed E-state index contributed by atoms with van der Waals surface area (Å²) in [4.78, 5) is 0. The first-order valence-electron chi connectivity index (χ1n) is 6.43. The normalized spacial score (nSPS) is 15.0. The summed E-state index contributed by atoms with van der Waals surface area (Å²) in [5, 5.41) is 8.69. The molecule has 0 fully saturated rings. The van der Waals surface area contributed by atoms with Crippen molar-refractivity contribution in [2.45, 2.75) is 52.6 Å². The lowest BCUT2D eigenvalue weighted by Crippen LogP contribution is -2.08. The summed E-state index contributed by atoms with van der Waals surface area (Å²) < 4.78 is 36.7. The average Bonchev–Trinajstić information content (AvgIpc) is 2.27. The van der Waals surface area contributed by atoms with Crippen LogP contribution in [0.5, 0.6) is 0 Å². The van der Waals surface area contributed by atoms with Crippen LogP contribution in [-0.4, -0.2) is 17.9 Å². The summed E-state index contributed by atoms with van der Waals surface area (Å²) in [7, 11) is 0. The molecule has 0 saturated heterocycles. The summed E-state index contributed by atoms with van der Waals surface area (Å²) in [6, 6.07) is 0. The quantitative estimate of drug-likeness (QED) is 0.653. The molecule has 0 bridgehead atoms. The van der Waals surface area contributed by atoms with Crippen LogP contribution in [0.3, 0.4) is 0 Å². The van der Waals surface area contributed by atoms with Crippen molar-refractivity contribution in [2.24, 2.45) is 0 Å². The summed E-state index contributed by atoms with van der Waals surface area (Å²) in [6.45, 7) is 5.04. The van der Waals surface area contributed by atoms with Crippen molar-refractivity contribution in [2.75, 3.05) is 6.61 Å². The van der Waals surface area contributed by atoms with Crippen molar-refractivity contribution in [1.29, 1.82) is 0 Å². The van der Waals surface area contributed by atoms with Crippen LogP contribution in [0.4, 0.5) is 13.2 Å². The molecule has 4 heteroatoms. The van der Waals surface area contributed by atoms with E-state index in [1.54, 1.807) is 6.08 Å². The Morgan fingerprint density at radius 1 is 0.895 bits per heavy atom. The molecule has 0 amide bonds. The number of hydrogen-bond acceptors (Lipinski definition) is 1. The fourth-order valence-electron chi connectivity index (χ4n) is 1.54. The van der Waals surface area contributed by atoms with E-state index >= 15 is 0 Å². The highest BCUT2D eigenvalue weighted by molar-refractivity contribution is 5.08. The Morgan fingerprint density at radius 3 is 1.84 bits per heavy atom. The largest absolute Gasteiger partial charge is 0.412 e. The van der Waals surface area contributed by atoms with Crippen molar-refractivity contribution >= 4 is 0 Å². The maximum Gasteiger partial charge on any atom is 0.412 e. The van der Waals surface area contributed by atoms with Crippen molar-refractivity contribution in [3.05, 3.63) is 34.9 Å². The molecular formula is C15H23F3O. The molecule has 0 heterocycles. The van der Waals surface area contributed by atoms with Gasteiger partial charge in [0.2, 0.25) is 0 Å². The van der Waals surface area contributed by atoms with Gasteiger partial charge in [-0.15, -0.1) is 0 Å². The van der Waals surface area contributed by atoms with E-state index in [0.717, 1.165) is 30.9 Å². The minimum Gasteiger partial charge on any atom is -0.392 e. The summed E-state index contributed by atoms with van der Waals surface area (Å²) in [6.07, 6.45) is 3.64. The predicted octanol–water partition coefficient (Wildman–Crippen LogP) is 4.94. The van der Waals surface area contributed by atoms with E-state index in [0.29, 0.717) is 12.8 Å². The van der Waals surface area contributed by atoms with Crippen LogP contribution < -0.4 is 0 Å². The van der Waals surface area contributed by atoms with Crippen LogP contribution in [0.2, 0.25) is 0 Å². The SMILES string of the molecule is CC(=CCO)CCC=C(C)CCC=C(C)C(F)(F)F. The van der Waals surface area contributed by atoms with E-state index in [4.69, 9.17) is 5.11 Å². The first-order valence-corrected chi connectivity index (χ1v) is 6.43. The predicted molar refractivity (Wildman–Crippen MR) is 72.9 cm³/mol. The van der Waals surface area contributed by atoms with E-state index in [2.05, 4.69) is 0 Å². The molecule has 0 aliphatic carbocycles. The van der Waals surface area contributed by atoms with E-state index in [1.807, 2.05) is 19.9 Å². The first-order chi connectivity index (χ1) is 8.77. The van der Waals surface area contributed by atoms with Gasteiger partial charge >= 0.3 is 6.18 Å². The molecular weight excluding hydrogens is 253 g/mol. The van der Waals surface area contributed by atoms with Gasteiger partial charge in [-0.25, -0.2) is 0 Å². The molecule has 0 radical (unpaired) electrons. The second-order valence-corrected chi connectivity index (χ2v) is 4.75. The Bertz CT molecular complexity index is 349. The molecule has 0 aliphatic rings. The first kappa shape index (κ1) is 18.0. The number of aliphatic hydroxyl groups excluding tert-OH is 1. The van der Waals surface area contributed by atoms with E-state index in [1.165, 1.54) is 6.08 Å². The van der Waals surface area contributed by atoms with Crippen molar-refractivity contribution in [3.8, 4) is 0 Å². The number of alkyl halides is 3. The Kier molecular flexibility index (Phi) is 8.48. The molecule has 0 atom stereocenters. The summed E-state index contributed by atoms with van der Waals surface area (Å²) in [5.74, 6) is 0. The minimum atomic E-state index is -4.20. The van der Waals surface area contributed by atoms with Gasteiger partial charge in [0, 0.05) is 5.57 Å². The summed E-state index contributed by atoms with van der Waals surface area (Å²) >= 11 is 0. The molecule has 1 N–H and O–H groups in total. The highest BCUT2D eigenvalue weighted by Gasteiger charge is 2.29. The molecule has 1 nitrogen and oxygen atoms in total. The van der Waals surface area contributed by atoms with E-state index in [9.17, 15) is 13.2 Å². The molecule has 0 aromatic heterocycles. The number of hydrogen-bond donors (Lipinski definition) is 1. The number of rotatable bonds is 7. The summed E-state index contributed by atoms with van der Waals surface area (Å²) in [5.41, 5.74) is 1.70. The van der Waals surface area contributed by atoms with Gasteiger partial charge in [0.15, 0.2) is 0 Å². The van der Waals surface area contributed by atoms with E-state index in [-0.39, 0.29) is 6.61 Å². The fraction of sp³-hybridized carbons (Fsp3) is 0.600. The smallest absolute Gasteiger partial charge is 0.392 e. The lowest BCUT2D eigenvalue weighted by atomic mass is 10.1. The lowest BCUT2D eigenvalue weighted by molar-refractivity contribution is -0.0915. The zero-order valence-corrected chi connectivity index (χ0v) is 11.8. The van der Waals surface area contributed by atoms with Gasteiger partial charge in [-0.1, -0.05) is 29.4 Å². The van der Waals surface area contributed by atoms with Crippen molar-refractivity contribution in [3.63, 3.8) is 0 Å². The lowest BCUT2D eigenvalue weighted by Gasteiger charge is -2.06. The van der Waals surface area contributed by atoms with Gasteiger partial charge in [0.25, 0.3) is 0 Å². The molecule has 0 aliphatic heterocycles. The van der Waals surface area contributed by atoms with Crippen LogP contribution in [0.15, 0.2) is 34.9 Å². The molecule has 0 aromatic rings. The average molecular weight is 276 g/mol. The molecule has 0 unspecified atom stereocenters. The molecule has 0 spiro atoms. The highest BCUT2D eigenvalue weighted by atomic mass is 19.4. The number of allylic oxidation sites excluding steroid dienone is 5. The van der Waals surface area contributed by atoms with Crippen LogP contribution in [0, 0.1) is 0 Å². The van der Waals surface area contributed by atoms with Gasteiger partial charge in [-0.3, -0.25) is 0 Å². The molecule has 19 heavy (non-hydrogen) atoms. The van der Waals surface area contributed by atoms with Crippen molar-refractivity contribution in [1.82, 2.24) is 0 Å². The monoisotopic (exact) mass is 276 g/mol. The minimum absolute atomic E-state index is 0.0516. The Labute approximate surface area is 113 Å². The third kappa shape index (κ3) is 9.54. The van der Waals surface area contributed by atoms with Crippen LogP contribution in [0.25, 0.3) is 0 Å². The number of halogens is 3. The third-order valence-corrected chi connectivity index (χ3v) is 2.91. The molecule has 0 aromatic carbocycles. The molecule has 110 valence electrons. The zero-order chi connectivity index (χ0) is 14.9. The maximum atomic E-state index is 12.2. The Morgan fingerprint density at radius 2 is 1.37 bits per heavy atom. The standard InChI is InChI=1S/C15H23F3O/c1-12(6-4-7-13(2)10-11-19)8-5-9-14(3)15(16,17)18/h6,9-10,19H,4-5,7-8,11H2,1-3H3. The highest BCUT2D eigenvalue weighted by Crippen LogP contribution is 2.25. The maximum absolute atomic E-state index is 12.2. The van der Waals surface area contributed by atoms with Gasteiger partial charge < -0.3 is 5.11 Å². The Hall–Kier alpha value is -1.03. The van der Waals surface area contributed by atoms with Crippen LogP contribution in [-0.2, 0) is 0 Å². The molecule has 0 rings (SSSR count). The van der Waals surface area contributed by atoms with Gasteiger partial charge in [0.1, 0.15) is 0 Å². The van der Waals surface area contributed by atoms with Crippen LogP contribution in [0.1, 0.15) is 46.5 Å². The van der Waals surface area contributed by atoms with Gasteiger partial charge in [-0.05, 0) is 46.5 Å². The fourth-order valence-corrected chi connectivity index (χ4v) is 1.54. The van der Waals surface area contributed by atoms with Gasteiger partial charge in [-0.2, -0.15) is 13.2 Å². The van der Waals surface area contributed by atoms with Gasteiger partial charge in [0.05, 0.1) is 6.61 Å². The second kappa shape index (κ2) is 8.97. The number of aliphatic hydroxyl groups is 1. The Balaban J connectivity index is 4.05. The van der Waals surface area contributed by atoms with E-state index < -0.39 is 11.7 Å².